The van der Waals surface area contributed by atoms with Crippen LogP contribution in [0.15, 0.2) is 84.9 Å². The number of carbonyl (C=O) groups excluding carboxylic acids is 1. The van der Waals surface area contributed by atoms with Crippen LogP contribution in [0.1, 0.15) is 15.9 Å². The summed E-state index contributed by atoms with van der Waals surface area (Å²) in [6, 6.07) is 27.6. The van der Waals surface area contributed by atoms with Gasteiger partial charge in [-0.25, -0.2) is 0 Å². The van der Waals surface area contributed by atoms with Crippen molar-refractivity contribution in [3.05, 3.63) is 96.1 Å². The van der Waals surface area contributed by atoms with E-state index in [2.05, 4.69) is 24.3 Å². The summed E-state index contributed by atoms with van der Waals surface area (Å²) in [4.78, 5) is 16.3. The van der Waals surface area contributed by atoms with Gasteiger partial charge in [-0.05, 0) is 36.4 Å². The highest BCUT2D eigenvalue weighted by Gasteiger charge is 2.24. The van der Waals surface area contributed by atoms with Gasteiger partial charge in [0.05, 0.1) is 26.2 Å². The standard InChI is InChI=1S/C24H24N2O2/c27-24(21-11-13-23(14-12-21)28-22-9-5-2-6-10-22)26-17-15-25(16-18-26)19-20-7-3-1-4-8-20/h1-14H,15-19H2/p+1. The van der Waals surface area contributed by atoms with Gasteiger partial charge in [-0.1, -0.05) is 48.5 Å². The van der Waals surface area contributed by atoms with Crippen LogP contribution in [0.5, 0.6) is 11.5 Å². The van der Waals surface area contributed by atoms with Crippen molar-refractivity contribution in [1.82, 2.24) is 4.90 Å². The number of nitrogens with one attached hydrogen (secondary N) is 1. The molecular formula is C24H25N2O2+. The van der Waals surface area contributed by atoms with E-state index in [0.29, 0.717) is 5.56 Å². The van der Waals surface area contributed by atoms with Crippen molar-refractivity contribution in [2.24, 2.45) is 0 Å². The molecule has 0 spiro atoms. The van der Waals surface area contributed by atoms with Crippen molar-refractivity contribution >= 4 is 5.91 Å². The first-order valence-corrected chi connectivity index (χ1v) is 9.78. The summed E-state index contributed by atoms with van der Waals surface area (Å²) in [5.41, 5.74) is 2.07. The number of hydrogen-bond acceptors (Lipinski definition) is 2. The van der Waals surface area contributed by atoms with Gasteiger partial charge in [0.2, 0.25) is 0 Å². The first-order chi connectivity index (χ1) is 13.8. The average Bonchev–Trinajstić information content (AvgIpc) is 2.76. The van der Waals surface area contributed by atoms with Crippen LogP contribution in [-0.2, 0) is 6.54 Å². The molecule has 1 aliphatic rings. The first kappa shape index (κ1) is 18.3. The highest BCUT2D eigenvalue weighted by atomic mass is 16.5. The van der Waals surface area contributed by atoms with Gasteiger partial charge < -0.3 is 14.5 Å². The number of ether oxygens (including phenoxy) is 1. The predicted molar refractivity (Wildman–Crippen MR) is 110 cm³/mol. The van der Waals surface area contributed by atoms with Gasteiger partial charge in [-0.15, -0.1) is 0 Å². The van der Waals surface area contributed by atoms with Crippen molar-refractivity contribution in [3.8, 4) is 11.5 Å². The zero-order valence-corrected chi connectivity index (χ0v) is 15.9. The molecule has 4 heteroatoms. The van der Waals surface area contributed by atoms with Crippen LogP contribution in [-0.4, -0.2) is 37.0 Å². The molecule has 4 rings (SSSR count). The maximum atomic E-state index is 12.8. The fourth-order valence-corrected chi connectivity index (χ4v) is 3.56. The van der Waals surface area contributed by atoms with E-state index >= 15 is 0 Å². The van der Waals surface area contributed by atoms with Crippen LogP contribution in [0.3, 0.4) is 0 Å². The summed E-state index contributed by atoms with van der Waals surface area (Å²) in [6.45, 7) is 4.58. The van der Waals surface area contributed by atoms with E-state index in [4.69, 9.17) is 4.74 Å². The second kappa shape index (κ2) is 8.72. The number of piperazine rings is 1. The Bertz CT molecular complexity index is 887. The minimum absolute atomic E-state index is 0.102. The molecule has 3 aromatic rings. The smallest absolute Gasteiger partial charge is 0.254 e. The molecule has 28 heavy (non-hydrogen) atoms. The molecular weight excluding hydrogens is 348 g/mol. The van der Waals surface area contributed by atoms with Gasteiger partial charge in [0.25, 0.3) is 5.91 Å². The molecule has 4 nitrogen and oxygen atoms in total. The third kappa shape index (κ3) is 4.59. The summed E-state index contributed by atoms with van der Waals surface area (Å²) >= 11 is 0. The van der Waals surface area contributed by atoms with Gasteiger partial charge in [0.1, 0.15) is 18.0 Å². The number of benzene rings is 3. The van der Waals surface area contributed by atoms with Gasteiger partial charge in [0, 0.05) is 11.1 Å². The molecule has 0 aliphatic carbocycles. The monoisotopic (exact) mass is 373 g/mol. The Kier molecular flexibility index (Phi) is 5.69. The molecule has 1 fully saturated rings. The summed E-state index contributed by atoms with van der Waals surface area (Å²) in [7, 11) is 0. The molecule has 0 aromatic heterocycles. The molecule has 1 N–H and O–H groups in total. The Hall–Kier alpha value is -3.11. The fourth-order valence-electron chi connectivity index (χ4n) is 3.56. The molecule has 3 aromatic carbocycles. The van der Waals surface area contributed by atoms with Crippen LogP contribution in [0.25, 0.3) is 0 Å². The van der Waals surface area contributed by atoms with Gasteiger partial charge >= 0.3 is 0 Å². The minimum Gasteiger partial charge on any atom is -0.457 e. The third-order valence-corrected chi connectivity index (χ3v) is 5.13. The lowest BCUT2D eigenvalue weighted by Gasteiger charge is -2.32. The highest BCUT2D eigenvalue weighted by molar-refractivity contribution is 5.94. The SMILES string of the molecule is O=C(c1ccc(Oc2ccccc2)cc1)N1CC[NH+](Cc2ccccc2)CC1. The number of rotatable bonds is 5. The second-order valence-electron chi connectivity index (χ2n) is 7.14. The second-order valence-corrected chi connectivity index (χ2v) is 7.14. The van der Waals surface area contributed by atoms with Gasteiger partial charge in [0.15, 0.2) is 0 Å². The maximum absolute atomic E-state index is 12.8. The first-order valence-electron chi connectivity index (χ1n) is 9.78. The number of amides is 1. The Morgan fingerprint density at radius 1 is 0.786 bits per heavy atom. The lowest BCUT2D eigenvalue weighted by atomic mass is 10.1. The lowest BCUT2D eigenvalue weighted by Crippen LogP contribution is -3.13. The van der Waals surface area contributed by atoms with E-state index in [1.54, 1.807) is 0 Å². The van der Waals surface area contributed by atoms with E-state index in [-0.39, 0.29) is 5.91 Å². The van der Waals surface area contributed by atoms with Crippen LogP contribution >= 0.6 is 0 Å². The van der Waals surface area contributed by atoms with Crippen molar-refractivity contribution in [2.75, 3.05) is 26.2 Å². The molecule has 0 bridgehead atoms. The van der Waals surface area contributed by atoms with Gasteiger partial charge in [-0.2, -0.15) is 0 Å². The number of nitrogens with zero attached hydrogens (tertiary/aromatic N) is 1. The Balaban J connectivity index is 1.31. The summed E-state index contributed by atoms with van der Waals surface area (Å²) in [5.74, 6) is 1.63. The summed E-state index contributed by atoms with van der Waals surface area (Å²) in [6.07, 6.45) is 0. The minimum atomic E-state index is 0.102. The highest BCUT2D eigenvalue weighted by Crippen LogP contribution is 2.21. The summed E-state index contributed by atoms with van der Waals surface area (Å²) in [5, 5.41) is 0. The van der Waals surface area contributed by atoms with Crippen LogP contribution in [0, 0.1) is 0 Å². The Morgan fingerprint density at radius 3 is 2.00 bits per heavy atom. The van der Waals surface area contributed by atoms with E-state index in [9.17, 15) is 4.79 Å². The molecule has 1 heterocycles. The van der Waals surface area contributed by atoms with E-state index in [1.807, 2.05) is 65.6 Å². The van der Waals surface area contributed by atoms with Gasteiger partial charge in [-0.3, -0.25) is 4.79 Å². The lowest BCUT2D eigenvalue weighted by molar-refractivity contribution is -0.917. The van der Waals surface area contributed by atoms with Crippen molar-refractivity contribution in [1.29, 1.82) is 0 Å². The van der Waals surface area contributed by atoms with E-state index in [0.717, 1.165) is 44.2 Å². The number of para-hydroxylation sites is 1. The molecule has 1 saturated heterocycles. The zero-order valence-electron chi connectivity index (χ0n) is 15.9. The molecule has 0 atom stereocenters. The molecule has 0 unspecified atom stereocenters. The maximum Gasteiger partial charge on any atom is 0.254 e. The van der Waals surface area contributed by atoms with E-state index < -0.39 is 0 Å². The van der Waals surface area contributed by atoms with Crippen molar-refractivity contribution in [3.63, 3.8) is 0 Å². The zero-order chi connectivity index (χ0) is 19.2. The Labute approximate surface area is 166 Å². The largest absolute Gasteiger partial charge is 0.457 e. The average molecular weight is 373 g/mol. The topological polar surface area (TPSA) is 34.0 Å². The molecule has 0 saturated carbocycles. The third-order valence-electron chi connectivity index (χ3n) is 5.13. The van der Waals surface area contributed by atoms with Crippen molar-refractivity contribution < 1.29 is 14.4 Å². The van der Waals surface area contributed by atoms with Crippen LogP contribution < -0.4 is 9.64 Å². The molecule has 1 aliphatic heterocycles. The van der Waals surface area contributed by atoms with Crippen molar-refractivity contribution in [2.45, 2.75) is 6.54 Å². The normalized spacial score (nSPS) is 14.6. The molecule has 0 radical (unpaired) electrons. The predicted octanol–water partition coefficient (Wildman–Crippen LogP) is 3.02. The Morgan fingerprint density at radius 2 is 1.36 bits per heavy atom. The fraction of sp³-hybridized carbons (Fsp3) is 0.208. The number of hydrogen-bond donors (Lipinski definition) is 1. The number of quaternary nitrogens is 1. The molecule has 142 valence electrons. The van der Waals surface area contributed by atoms with Crippen LogP contribution in [0.2, 0.25) is 0 Å². The summed E-state index contributed by atoms with van der Waals surface area (Å²) < 4.78 is 5.80. The number of carbonyl (C=O) groups is 1. The molecule has 1 amide bonds. The van der Waals surface area contributed by atoms with Crippen LogP contribution in [0.4, 0.5) is 0 Å². The van der Waals surface area contributed by atoms with E-state index in [1.165, 1.54) is 10.5 Å². The quantitative estimate of drug-likeness (QED) is 0.746.